The number of rotatable bonds is 13. The first-order valence-electron chi connectivity index (χ1n) is 11.5. The molecule has 32 heavy (non-hydrogen) atoms. The van der Waals surface area contributed by atoms with Gasteiger partial charge in [-0.15, -0.1) is 6.42 Å². The van der Waals surface area contributed by atoms with Gasteiger partial charge in [0.15, 0.2) is 0 Å². The molecule has 2 heterocycles. The Bertz CT molecular complexity index is 839. The van der Waals surface area contributed by atoms with Gasteiger partial charge in [-0.25, -0.2) is 0 Å². The number of terminal acetylenes is 1. The minimum Gasteiger partial charge on any atom is -0.389 e. The zero-order chi connectivity index (χ0) is 22.8. The van der Waals surface area contributed by atoms with Gasteiger partial charge in [0.25, 0.3) is 0 Å². The van der Waals surface area contributed by atoms with E-state index in [4.69, 9.17) is 20.4 Å². The van der Waals surface area contributed by atoms with Crippen LogP contribution in [-0.4, -0.2) is 73.4 Å². The topological polar surface area (TPSA) is 71.2 Å². The van der Waals surface area contributed by atoms with Gasteiger partial charge in [0.2, 0.25) is 5.88 Å². The van der Waals surface area contributed by atoms with E-state index in [0.29, 0.717) is 13.1 Å². The summed E-state index contributed by atoms with van der Waals surface area (Å²) in [7, 11) is 0. The largest absolute Gasteiger partial charge is 0.389 e. The zero-order valence-corrected chi connectivity index (χ0v) is 19.2. The SMILES string of the molecule is C#CCOC[C@H](O)CN(Cc1c(-c2ccccc2)noc1N(CC)CC)C[C@H]1CCCO1. The first kappa shape index (κ1) is 24.3. The van der Waals surface area contributed by atoms with Gasteiger partial charge in [0.1, 0.15) is 12.3 Å². The Labute approximate surface area is 191 Å². The fourth-order valence-corrected chi connectivity index (χ4v) is 4.13. The Balaban J connectivity index is 1.86. The van der Waals surface area contributed by atoms with E-state index in [9.17, 15) is 5.11 Å². The van der Waals surface area contributed by atoms with Crippen LogP contribution in [0.5, 0.6) is 0 Å². The number of aromatic nitrogens is 1. The van der Waals surface area contributed by atoms with Crippen molar-refractivity contribution in [3.63, 3.8) is 0 Å². The van der Waals surface area contributed by atoms with Crippen LogP contribution >= 0.6 is 0 Å². The van der Waals surface area contributed by atoms with Gasteiger partial charge in [-0.2, -0.15) is 0 Å². The summed E-state index contributed by atoms with van der Waals surface area (Å²) in [5.41, 5.74) is 2.87. The molecule has 1 aliphatic rings. The van der Waals surface area contributed by atoms with Crippen LogP contribution in [0.25, 0.3) is 11.3 Å². The Hall–Kier alpha value is -2.37. The van der Waals surface area contributed by atoms with Crippen LogP contribution in [0.3, 0.4) is 0 Å². The first-order chi connectivity index (χ1) is 15.7. The van der Waals surface area contributed by atoms with Crippen molar-refractivity contribution in [3.05, 3.63) is 35.9 Å². The number of benzene rings is 1. The summed E-state index contributed by atoms with van der Waals surface area (Å²) >= 11 is 0. The average molecular weight is 442 g/mol. The molecule has 0 amide bonds. The molecule has 0 saturated carbocycles. The van der Waals surface area contributed by atoms with Gasteiger partial charge >= 0.3 is 0 Å². The summed E-state index contributed by atoms with van der Waals surface area (Å²) in [5, 5.41) is 15.0. The van der Waals surface area contributed by atoms with Crippen LogP contribution in [-0.2, 0) is 16.0 Å². The molecule has 1 saturated heterocycles. The van der Waals surface area contributed by atoms with Crippen molar-refractivity contribution < 1.29 is 19.1 Å². The molecule has 0 spiro atoms. The van der Waals surface area contributed by atoms with E-state index in [0.717, 1.165) is 61.8 Å². The smallest absolute Gasteiger partial charge is 0.232 e. The fourth-order valence-electron chi connectivity index (χ4n) is 4.13. The van der Waals surface area contributed by atoms with Crippen LogP contribution in [0, 0.1) is 12.3 Å². The fraction of sp³-hybridized carbons (Fsp3) is 0.560. The molecular formula is C25H35N3O4. The maximum Gasteiger partial charge on any atom is 0.232 e. The molecule has 0 aliphatic carbocycles. The van der Waals surface area contributed by atoms with Crippen LogP contribution < -0.4 is 4.90 Å². The molecule has 174 valence electrons. The minimum absolute atomic E-state index is 0.158. The molecule has 2 aromatic rings. The Kier molecular flexibility index (Phi) is 9.57. The third-order valence-corrected chi connectivity index (χ3v) is 5.70. The maximum atomic E-state index is 10.6. The lowest BCUT2D eigenvalue weighted by Crippen LogP contribution is -2.39. The predicted molar refractivity (Wildman–Crippen MR) is 125 cm³/mol. The molecule has 1 aromatic carbocycles. The van der Waals surface area contributed by atoms with Gasteiger partial charge in [-0.3, -0.25) is 4.90 Å². The maximum absolute atomic E-state index is 10.6. The van der Waals surface area contributed by atoms with Gasteiger partial charge in [0, 0.05) is 44.9 Å². The normalized spacial score (nSPS) is 16.9. The van der Waals surface area contributed by atoms with Gasteiger partial charge in [-0.05, 0) is 26.7 Å². The third-order valence-electron chi connectivity index (χ3n) is 5.70. The first-order valence-corrected chi connectivity index (χ1v) is 11.5. The summed E-state index contributed by atoms with van der Waals surface area (Å²) in [5.74, 6) is 3.22. The van der Waals surface area contributed by atoms with Crippen molar-refractivity contribution >= 4 is 5.88 Å². The molecule has 0 unspecified atom stereocenters. The number of hydrogen-bond acceptors (Lipinski definition) is 7. The quantitative estimate of drug-likeness (QED) is 0.378. The molecule has 1 fully saturated rings. The number of hydrogen-bond donors (Lipinski definition) is 1. The molecule has 1 aliphatic heterocycles. The predicted octanol–water partition coefficient (Wildman–Crippen LogP) is 3.18. The van der Waals surface area contributed by atoms with Crippen LogP contribution in [0.1, 0.15) is 32.3 Å². The van der Waals surface area contributed by atoms with Gasteiger partial charge in [-0.1, -0.05) is 41.4 Å². The van der Waals surface area contributed by atoms with E-state index < -0.39 is 6.10 Å². The summed E-state index contributed by atoms with van der Waals surface area (Å²) in [6.07, 6.45) is 6.85. The standard InChI is InChI=1S/C25H35N3O4/c1-4-14-30-19-21(29)16-27(17-22-13-10-15-31-22)18-23-24(20-11-8-7-9-12-20)26-32-25(23)28(5-2)6-3/h1,7-9,11-12,21-22,29H,5-6,10,13-19H2,2-3H3/t21-,22-/m1/s1. The monoisotopic (exact) mass is 441 g/mol. The molecular weight excluding hydrogens is 406 g/mol. The summed E-state index contributed by atoms with van der Waals surface area (Å²) in [6.45, 7) is 8.80. The lowest BCUT2D eigenvalue weighted by atomic mass is 10.1. The van der Waals surface area contributed by atoms with Crippen molar-refractivity contribution in [1.82, 2.24) is 10.1 Å². The van der Waals surface area contributed by atoms with E-state index in [-0.39, 0.29) is 19.3 Å². The van der Waals surface area contributed by atoms with Gasteiger partial charge in [0.05, 0.1) is 24.4 Å². The molecule has 7 nitrogen and oxygen atoms in total. The molecule has 7 heteroatoms. The highest BCUT2D eigenvalue weighted by Crippen LogP contribution is 2.32. The number of aliphatic hydroxyl groups excluding tert-OH is 1. The van der Waals surface area contributed by atoms with Crippen LogP contribution in [0.2, 0.25) is 0 Å². The average Bonchev–Trinajstić information content (AvgIpc) is 3.46. The van der Waals surface area contributed by atoms with E-state index >= 15 is 0 Å². The summed E-state index contributed by atoms with van der Waals surface area (Å²) in [6, 6.07) is 10.1. The van der Waals surface area contributed by atoms with Crippen molar-refractivity contribution in [2.24, 2.45) is 0 Å². The van der Waals surface area contributed by atoms with Crippen molar-refractivity contribution in [2.75, 3.05) is 50.9 Å². The second-order valence-electron chi connectivity index (χ2n) is 8.06. The Morgan fingerprint density at radius 2 is 2.06 bits per heavy atom. The van der Waals surface area contributed by atoms with Crippen LogP contribution in [0.4, 0.5) is 5.88 Å². The van der Waals surface area contributed by atoms with Crippen molar-refractivity contribution in [1.29, 1.82) is 0 Å². The summed E-state index contributed by atoms with van der Waals surface area (Å²) in [4.78, 5) is 4.39. The third kappa shape index (κ3) is 6.57. The second-order valence-corrected chi connectivity index (χ2v) is 8.06. The Morgan fingerprint density at radius 1 is 1.28 bits per heavy atom. The zero-order valence-electron chi connectivity index (χ0n) is 19.2. The molecule has 0 radical (unpaired) electrons. The van der Waals surface area contributed by atoms with Crippen molar-refractivity contribution in [2.45, 2.75) is 45.4 Å². The van der Waals surface area contributed by atoms with E-state index in [2.05, 4.69) is 34.7 Å². The number of anilines is 1. The highest BCUT2D eigenvalue weighted by atomic mass is 16.5. The summed E-state index contributed by atoms with van der Waals surface area (Å²) < 4.78 is 17.1. The highest BCUT2D eigenvalue weighted by molar-refractivity contribution is 5.68. The van der Waals surface area contributed by atoms with E-state index in [1.807, 2.05) is 30.3 Å². The lowest BCUT2D eigenvalue weighted by Gasteiger charge is -2.28. The molecule has 2 atom stereocenters. The van der Waals surface area contributed by atoms with Crippen molar-refractivity contribution in [3.8, 4) is 23.6 Å². The van der Waals surface area contributed by atoms with E-state index in [1.165, 1.54) is 0 Å². The van der Waals surface area contributed by atoms with E-state index in [1.54, 1.807) is 0 Å². The van der Waals surface area contributed by atoms with Crippen LogP contribution in [0.15, 0.2) is 34.9 Å². The van der Waals surface area contributed by atoms with Gasteiger partial charge < -0.3 is 24.0 Å². The second kappa shape index (κ2) is 12.6. The number of nitrogens with zero attached hydrogens (tertiary/aromatic N) is 3. The Morgan fingerprint density at radius 3 is 2.72 bits per heavy atom. The molecule has 1 N–H and O–H groups in total. The molecule has 0 bridgehead atoms. The lowest BCUT2D eigenvalue weighted by molar-refractivity contribution is 0.00958. The highest BCUT2D eigenvalue weighted by Gasteiger charge is 2.27. The molecule has 3 rings (SSSR count). The minimum atomic E-state index is -0.651. The number of ether oxygens (including phenoxy) is 2. The number of aliphatic hydroxyl groups is 1. The molecule has 1 aromatic heterocycles.